The Morgan fingerprint density at radius 3 is 2.81 bits per heavy atom. The average molecular weight is 227 g/mol. The summed E-state index contributed by atoms with van der Waals surface area (Å²) >= 11 is 0. The summed E-state index contributed by atoms with van der Waals surface area (Å²) in [5, 5.41) is 6.33. The summed E-state index contributed by atoms with van der Waals surface area (Å²) in [6.45, 7) is 0.172. The molecule has 8 nitrogen and oxygen atoms in total. The first kappa shape index (κ1) is 11.8. The molecule has 1 rings (SSSR count). The molecule has 0 fully saturated rings. The van der Waals surface area contributed by atoms with Gasteiger partial charge in [0.05, 0.1) is 18.4 Å². The van der Waals surface area contributed by atoms with Gasteiger partial charge in [0.1, 0.15) is 12.3 Å². The quantitative estimate of drug-likeness (QED) is 0.559. The Labute approximate surface area is 91.5 Å². The largest absolute Gasteiger partial charge is 0.448 e. The summed E-state index contributed by atoms with van der Waals surface area (Å²) < 4.78 is 5.80. The van der Waals surface area contributed by atoms with Gasteiger partial charge in [0, 0.05) is 7.05 Å². The van der Waals surface area contributed by atoms with E-state index in [1.54, 1.807) is 7.05 Å². The van der Waals surface area contributed by atoms with Crippen molar-refractivity contribution in [2.45, 2.75) is 0 Å². The number of nitrogens with two attached hydrogens (primary N) is 2. The fourth-order valence-corrected chi connectivity index (χ4v) is 1.13. The Hall–Kier alpha value is -2.25. The van der Waals surface area contributed by atoms with Crippen LogP contribution in [-0.2, 0) is 11.8 Å². The van der Waals surface area contributed by atoms with E-state index in [0.717, 1.165) is 0 Å². The third kappa shape index (κ3) is 2.87. The zero-order chi connectivity index (χ0) is 12.1. The standard InChI is InChI=1S/C8H13N5O3/c1-13-6(5(9)4-12-13)7(14)11-2-3-16-8(10)15/h4H,2-3,9H2,1H3,(H2,10,15)(H,11,14). The van der Waals surface area contributed by atoms with Crippen LogP contribution in [-0.4, -0.2) is 34.9 Å². The third-order valence-electron chi connectivity index (χ3n) is 1.81. The number of amides is 2. The van der Waals surface area contributed by atoms with Crippen LogP contribution in [0.15, 0.2) is 6.20 Å². The zero-order valence-electron chi connectivity index (χ0n) is 8.77. The van der Waals surface area contributed by atoms with Crippen LogP contribution in [0, 0.1) is 0 Å². The SMILES string of the molecule is Cn1ncc(N)c1C(=O)NCCOC(N)=O. The van der Waals surface area contributed by atoms with Crippen LogP contribution in [0.1, 0.15) is 10.5 Å². The lowest BCUT2D eigenvalue weighted by atomic mass is 10.3. The number of nitrogens with one attached hydrogen (secondary N) is 1. The summed E-state index contributed by atoms with van der Waals surface area (Å²) in [6, 6.07) is 0. The van der Waals surface area contributed by atoms with Crippen LogP contribution >= 0.6 is 0 Å². The number of ether oxygens (including phenoxy) is 1. The summed E-state index contributed by atoms with van der Waals surface area (Å²) in [5.74, 6) is -0.384. The van der Waals surface area contributed by atoms with E-state index in [-0.39, 0.29) is 30.4 Å². The van der Waals surface area contributed by atoms with Gasteiger partial charge in [-0.25, -0.2) is 4.79 Å². The molecule has 0 aliphatic carbocycles. The predicted molar refractivity (Wildman–Crippen MR) is 55.5 cm³/mol. The van der Waals surface area contributed by atoms with E-state index in [1.807, 2.05) is 0 Å². The van der Waals surface area contributed by atoms with Crippen molar-refractivity contribution in [3.63, 3.8) is 0 Å². The van der Waals surface area contributed by atoms with Gasteiger partial charge < -0.3 is 21.5 Å². The molecule has 5 N–H and O–H groups in total. The van der Waals surface area contributed by atoms with E-state index in [4.69, 9.17) is 11.5 Å². The minimum atomic E-state index is -0.880. The van der Waals surface area contributed by atoms with E-state index in [9.17, 15) is 9.59 Å². The fourth-order valence-electron chi connectivity index (χ4n) is 1.13. The van der Waals surface area contributed by atoms with Gasteiger partial charge in [-0.2, -0.15) is 5.10 Å². The highest BCUT2D eigenvalue weighted by atomic mass is 16.5. The lowest BCUT2D eigenvalue weighted by molar-refractivity contribution is 0.0928. The van der Waals surface area contributed by atoms with E-state index in [0.29, 0.717) is 0 Å². The molecule has 2 amide bonds. The number of hydrogen-bond acceptors (Lipinski definition) is 5. The van der Waals surface area contributed by atoms with Crippen LogP contribution in [0.4, 0.5) is 10.5 Å². The van der Waals surface area contributed by atoms with Crippen molar-refractivity contribution in [3.05, 3.63) is 11.9 Å². The number of anilines is 1. The molecule has 0 aliphatic heterocycles. The summed E-state index contributed by atoms with van der Waals surface area (Å²) in [5.41, 5.74) is 10.8. The van der Waals surface area contributed by atoms with Crippen LogP contribution < -0.4 is 16.8 Å². The first-order valence-corrected chi connectivity index (χ1v) is 4.50. The second-order valence-corrected chi connectivity index (χ2v) is 3.00. The monoisotopic (exact) mass is 227 g/mol. The van der Waals surface area contributed by atoms with Gasteiger partial charge in [0.15, 0.2) is 0 Å². The second-order valence-electron chi connectivity index (χ2n) is 3.00. The predicted octanol–water partition coefficient (Wildman–Crippen LogP) is -1.17. The van der Waals surface area contributed by atoms with Gasteiger partial charge >= 0.3 is 6.09 Å². The highest BCUT2D eigenvalue weighted by molar-refractivity contribution is 5.97. The maximum absolute atomic E-state index is 11.6. The van der Waals surface area contributed by atoms with Gasteiger partial charge in [0.25, 0.3) is 5.91 Å². The maximum atomic E-state index is 11.6. The lowest BCUT2D eigenvalue weighted by Gasteiger charge is -2.06. The number of carbonyl (C=O) groups excluding carboxylic acids is 2. The summed E-state index contributed by atoms with van der Waals surface area (Å²) in [7, 11) is 1.60. The van der Waals surface area contributed by atoms with E-state index in [1.165, 1.54) is 10.9 Å². The molecule has 0 spiro atoms. The number of aromatic nitrogens is 2. The van der Waals surface area contributed by atoms with E-state index in [2.05, 4.69) is 15.2 Å². The molecule has 0 unspecified atom stereocenters. The highest BCUT2D eigenvalue weighted by Crippen LogP contribution is 2.08. The van der Waals surface area contributed by atoms with Crippen molar-refractivity contribution in [2.24, 2.45) is 12.8 Å². The number of aryl methyl sites for hydroxylation is 1. The topological polar surface area (TPSA) is 125 Å². The molecular formula is C8H13N5O3. The van der Waals surface area contributed by atoms with E-state index >= 15 is 0 Å². The zero-order valence-corrected chi connectivity index (χ0v) is 8.77. The molecule has 1 aromatic heterocycles. The van der Waals surface area contributed by atoms with Crippen LogP contribution in [0.25, 0.3) is 0 Å². The lowest BCUT2D eigenvalue weighted by Crippen LogP contribution is -2.30. The Morgan fingerprint density at radius 1 is 1.62 bits per heavy atom. The van der Waals surface area contributed by atoms with Crippen molar-refractivity contribution in [1.82, 2.24) is 15.1 Å². The van der Waals surface area contributed by atoms with Crippen molar-refractivity contribution < 1.29 is 14.3 Å². The minimum absolute atomic E-state index is 0.0127. The third-order valence-corrected chi connectivity index (χ3v) is 1.81. The molecule has 1 aromatic rings. The molecule has 0 atom stereocenters. The number of hydrogen-bond donors (Lipinski definition) is 3. The molecule has 0 bridgehead atoms. The van der Waals surface area contributed by atoms with Crippen LogP contribution in [0.2, 0.25) is 0 Å². The number of rotatable bonds is 4. The van der Waals surface area contributed by atoms with Crippen molar-refractivity contribution in [3.8, 4) is 0 Å². The second kappa shape index (κ2) is 5.01. The van der Waals surface area contributed by atoms with Gasteiger partial charge in [-0.3, -0.25) is 9.48 Å². The Bertz CT molecular complexity index is 381. The first-order chi connectivity index (χ1) is 7.52. The van der Waals surface area contributed by atoms with Gasteiger partial charge in [0.2, 0.25) is 0 Å². The van der Waals surface area contributed by atoms with Gasteiger partial charge in [-0.1, -0.05) is 0 Å². The Morgan fingerprint density at radius 2 is 2.31 bits per heavy atom. The number of primary amides is 1. The van der Waals surface area contributed by atoms with Gasteiger partial charge in [-0.15, -0.1) is 0 Å². The Kier molecular flexibility index (Phi) is 3.70. The van der Waals surface area contributed by atoms with Gasteiger partial charge in [-0.05, 0) is 0 Å². The average Bonchev–Trinajstić information content (AvgIpc) is 2.53. The van der Waals surface area contributed by atoms with Crippen molar-refractivity contribution in [2.75, 3.05) is 18.9 Å². The molecule has 1 heterocycles. The smallest absolute Gasteiger partial charge is 0.404 e. The van der Waals surface area contributed by atoms with E-state index < -0.39 is 6.09 Å². The molecular weight excluding hydrogens is 214 g/mol. The van der Waals surface area contributed by atoms with Crippen molar-refractivity contribution >= 4 is 17.7 Å². The Balaban J connectivity index is 2.44. The molecule has 16 heavy (non-hydrogen) atoms. The molecule has 0 radical (unpaired) electrons. The molecule has 0 saturated heterocycles. The van der Waals surface area contributed by atoms with Crippen molar-refractivity contribution in [1.29, 1.82) is 0 Å². The molecule has 0 aromatic carbocycles. The number of carbonyl (C=O) groups is 2. The molecule has 88 valence electrons. The minimum Gasteiger partial charge on any atom is -0.448 e. The summed E-state index contributed by atoms with van der Waals surface area (Å²) in [4.78, 5) is 21.8. The maximum Gasteiger partial charge on any atom is 0.404 e. The normalized spacial score (nSPS) is 9.81. The van der Waals surface area contributed by atoms with Crippen LogP contribution in [0.3, 0.4) is 0 Å². The summed E-state index contributed by atoms with van der Waals surface area (Å²) in [6.07, 6.45) is 0.503. The number of nitrogen functional groups attached to an aromatic ring is 1. The molecule has 0 saturated carbocycles. The first-order valence-electron chi connectivity index (χ1n) is 4.50. The van der Waals surface area contributed by atoms with Crippen LogP contribution in [0.5, 0.6) is 0 Å². The number of nitrogens with zero attached hydrogens (tertiary/aromatic N) is 2. The molecule has 0 aliphatic rings. The highest BCUT2D eigenvalue weighted by Gasteiger charge is 2.13. The molecule has 8 heteroatoms. The fraction of sp³-hybridized carbons (Fsp3) is 0.375.